The van der Waals surface area contributed by atoms with Crippen LogP contribution in [0.25, 0.3) is 0 Å². The van der Waals surface area contributed by atoms with Crippen LogP contribution in [0.3, 0.4) is 0 Å². The van der Waals surface area contributed by atoms with Gasteiger partial charge in [-0.05, 0) is 41.9 Å². The van der Waals surface area contributed by atoms with Gasteiger partial charge in [0.2, 0.25) is 0 Å². The molecule has 0 radical (unpaired) electrons. The Morgan fingerprint density at radius 1 is 1.26 bits per heavy atom. The van der Waals surface area contributed by atoms with Crippen LogP contribution in [-0.4, -0.2) is 15.7 Å². The van der Waals surface area contributed by atoms with E-state index in [9.17, 15) is 4.79 Å². The molecule has 2 aromatic rings. The molecule has 1 aromatic heterocycles. The molecular formula is C14H18BrN3O. The Balaban J connectivity index is 1.97. The summed E-state index contributed by atoms with van der Waals surface area (Å²) < 4.78 is 4.49. The molecule has 0 saturated heterocycles. The number of hydrogen-bond donors (Lipinski definition) is 1. The highest BCUT2D eigenvalue weighted by Gasteiger charge is 2.05. The van der Waals surface area contributed by atoms with Gasteiger partial charge in [-0.25, -0.2) is 4.79 Å². The van der Waals surface area contributed by atoms with Crippen LogP contribution in [-0.2, 0) is 6.54 Å². The number of para-hydroxylation sites is 1. The molecule has 2 rings (SSSR count). The number of benzene rings is 1. The average Bonchev–Trinajstić information content (AvgIpc) is 2.74. The minimum Gasteiger partial charge on any atom is -0.382 e. The van der Waals surface area contributed by atoms with Crippen LogP contribution in [0.4, 0.5) is 5.69 Å². The minimum absolute atomic E-state index is 0.0453. The molecule has 1 aromatic carbocycles. The summed E-state index contributed by atoms with van der Waals surface area (Å²) in [5, 5.41) is 3.31. The molecule has 0 amide bonds. The number of aromatic nitrogens is 2. The summed E-state index contributed by atoms with van der Waals surface area (Å²) in [6, 6.07) is 8.15. The van der Waals surface area contributed by atoms with E-state index in [0.29, 0.717) is 13.1 Å². The number of halogens is 1. The van der Waals surface area contributed by atoms with Gasteiger partial charge in [-0.3, -0.25) is 9.13 Å². The first kappa shape index (κ1) is 13.9. The first-order chi connectivity index (χ1) is 9.09. The maximum atomic E-state index is 12.0. The third-order valence-electron chi connectivity index (χ3n) is 2.97. The lowest BCUT2D eigenvalue weighted by atomic mass is 10.3. The fraction of sp³-hybridized carbons (Fsp3) is 0.357. The van der Waals surface area contributed by atoms with Crippen LogP contribution in [0.2, 0.25) is 0 Å². The Bertz CT molecular complexity index is 601. The molecule has 0 bridgehead atoms. The fourth-order valence-corrected chi connectivity index (χ4v) is 2.33. The molecule has 19 heavy (non-hydrogen) atoms. The quantitative estimate of drug-likeness (QED) is 0.918. The molecule has 0 spiro atoms. The van der Waals surface area contributed by atoms with Gasteiger partial charge in [0.25, 0.3) is 0 Å². The number of nitrogens with one attached hydrogen (secondary N) is 1. The second kappa shape index (κ2) is 6.10. The van der Waals surface area contributed by atoms with E-state index in [-0.39, 0.29) is 11.7 Å². The molecule has 1 heterocycles. The third kappa shape index (κ3) is 3.29. The first-order valence-corrected chi connectivity index (χ1v) is 7.14. The average molecular weight is 324 g/mol. The van der Waals surface area contributed by atoms with Gasteiger partial charge >= 0.3 is 5.69 Å². The Morgan fingerprint density at radius 2 is 2.00 bits per heavy atom. The second-order valence-corrected chi connectivity index (χ2v) is 5.54. The van der Waals surface area contributed by atoms with Gasteiger partial charge < -0.3 is 5.32 Å². The molecule has 0 aliphatic heterocycles. The van der Waals surface area contributed by atoms with E-state index in [2.05, 4.69) is 21.2 Å². The van der Waals surface area contributed by atoms with E-state index in [1.165, 1.54) is 0 Å². The summed E-state index contributed by atoms with van der Waals surface area (Å²) in [5.41, 5.74) is 1.09. The van der Waals surface area contributed by atoms with E-state index < -0.39 is 0 Å². The molecule has 0 saturated carbocycles. The second-order valence-electron chi connectivity index (χ2n) is 4.68. The SMILES string of the molecule is CC(C)n1ccn(CCNc2ccccc2Br)c1=O. The molecule has 0 unspecified atom stereocenters. The molecule has 0 aliphatic rings. The number of anilines is 1. The first-order valence-electron chi connectivity index (χ1n) is 6.35. The van der Waals surface area contributed by atoms with Crippen molar-refractivity contribution in [1.82, 2.24) is 9.13 Å². The number of rotatable bonds is 5. The van der Waals surface area contributed by atoms with E-state index in [4.69, 9.17) is 0 Å². The van der Waals surface area contributed by atoms with E-state index in [1.807, 2.05) is 50.5 Å². The lowest BCUT2D eigenvalue weighted by Gasteiger charge is -2.08. The molecule has 1 N–H and O–H groups in total. The molecular weight excluding hydrogens is 306 g/mol. The van der Waals surface area contributed by atoms with Crippen LogP contribution in [0.1, 0.15) is 19.9 Å². The minimum atomic E-state index is 0.0453. The smallest absolute Gasteiger partial charge is 0.328 e. The molecule has 5 heteroatoms. The number of imidazole rings is 1. The van der Waals surface area contributed by atoms with Crippen molar-refractivity contribution in [3.8, 4) is 0 Å². The number of hydrogen-bond acceptors (Lipinski definition) is 2. The van der Waals surface area contributed by atoms with Crippen molar-refractivity contribution in [2.24, 2.45) is 0 Å². The van der Waals surface area contributed by atoms with Crippen molar-refractivity contribution in [3.63, 3.8) is 0 Å². The third-order valence-corrected chi connectivity index (χ3v) is 3.66. The van der Waals surface area contributed by atoms with E-state index in [0.717, 1.165) is 10.2 Å². The molecule has 0 atom stereocenters. The van der Waals surface area contributed by atoms with Gasteiger partial charge in [0.1, 0.15) is 0 Å². The lowest BCUT2D eigenvalue weighted by Crippen LogP contribution is -2.27. The maximum absolute atomic E-state index is 12.0. The summed E-state index contributed by atoms with van der Waals surface area (Å²) in [6.07, 6.45) is 3.68. The maximum Gasteiger partial charge on any atom is 0.328 e. The molecule has 0 aliphatic carbocycles. The topological polar surface area (TPSA) is 39.0 Å². The zero-order valence-electron chi connectivity index (χ0n) is 11.1. The van der Waals surface area contributed by atoms with Crippen LogP contribution < -0.4 is 11.0 Å². The summed E-state index contributed by atoms with van der Waals surface area (Å²) in [4.78, 5) is 12.0. The Morgan fingerprint density at radius 3 is 2.63 bits per heavy atom. The van der Waals surface area contributed by atoms with Crippen molar-refractivity contribution < 1.29 is 0 Å². The number of nitrogens with zero attached hydrogens (tertiary/aromatic N) is 2. The van der Waals surface area contributed by atoms with Crippen molar-refractivity contribution in [2.45, 2.75) is 26.4 Å². The van der Waals surface area contributed by atoms with Crippen LogP contribution in [0.15, 0.2) is 45.9 Å². The largest absolute Gasteiger partial charge is 0.382 e. The van der Waals surface area contributed by atoms with Gasteiger partial charge in [0.15, 0.2) is 0 Å². The van der Waals surface area contributed by atoms with Gasteiger partial charge in [0.05, 0.1) is 0 Å². The van der Waals surface area contributed by atoms with Crippen LogP contribution in [0, 0.1) is 0 Å². The summed E-state index contributed by atoms with van der Waals surface area (Å²) >= 11 is 3.49. The Hall–Kier alpha value is -1.49. The van der Waals surface area contributed by atoms with Crippen molar-refractivity contribution in [3.05, 3.63) is 51.6 Å². The van der Waals surface area contributed by atoms with E-state index >= 15 is 0 Å². The van der Waals surface area contributed by atoms with Gasteiger partial charge in [-0.15, -0.1) is 0 Å². The highest BCUT2D eigenvalue weighted by atomic mass is 79.9. The summed E-state index contributed by atoms with van der Waals surface area (Å²) in [6.45, 7) is 5.38. The summed E-state index contributed by atoms with van der Waals surface area (Å²) in [5.74, 6) is 0. The molecule has 102 valence electrons. The van der Waals surface area contributed by atoms with Crippen LogP contribution in [0.5, 0.6) is 0 Å². The molecule has 4 nitrogen and oxygen atoms in total. The highest BCUT2D eigenvalue weighted by Crippen LogP contribution is 2.20. The van der Waals surface area contributed by atoms with Crippen molar-refractivity contribution in [2.75, 3.05) is 11.9 Å². The lowest BCUT2D eigenvalue weighted by molar-refractivity contribution is 0.555. The zero-order valence-corrected chi connectivity index (χ0v) is 12.7. The van der Waals surface area contributed by atoms with Gasteiger partial charge in [-0.1, -0.05) is 12.1 Å². The standard InChI is InChI=1S/C14H18BrN3O/c1-11(2)18-10-9-17(14(18)19)8-7-16-13-6-4-3-5-12(13)15/h3-6,9-11,16H,7-8H2,1-2H3. The van der Waals surface area contributed by atoms with Gasteiger partial charge in [-0.2, -0.15) is 0 Å². The normalized spacial score (nSPS) is 10.9. The van der Waals surface area contributed by atoms with Gasteiger partial charge in [0, 0.05) is 41.7 Å². The van der Waals surface area contributed by atoms with Crippen LogP contribution >= 0.6 is 15.9 Å². The van der Waals surface area contributed by atoms with Crippen molar-refractivity contribution in [1.29, 1.82) is 0 Å². The monoisotopic (exact) mass is 323 g/mol. The summed E-state index contributed by atoms with van der Waals surface area (Å²) in [7, 11) is 0. The Labute approximate surface area is 121 Å². The molecule has 0 fully saturated rings. The highest BCUT2D eigenvalue weighted by molar-refractivity contribution is 9.10. The van der Waals surface area contributed by atoms with Crippen molar-refractivity contribution >= 4 is 21.6 Å². The zero-order chi connectivity index (χ0) is 13.8. The predicted octanol–water partition coefficient (Wildman–Crippen LogP) is 3.11. The Kier molecular flexibility index (Phi) is 4.47. The predicted molar refractivity (Wildman–Crippen MR) is 81.7 cm³/mol. The fourth-order valence-electron chi connectivity index (χ4n) is 1.91. The van der Waals surface area contributed by atoms with E-state index in [1.54, 1.807) is 9.13 Å².